The summed E-state index contributed by atoms with van der Waals surface area (Å²) < 4.78 is 5.63. The van der Waals surface area contributed by atoms with Crippen molar-refractivity contribution in [2.75, 3.05) is 6.61 Å². The number of carbonyl (C=O) groups excluding carboxylic acids is 2. The monoisotopic (exact) mass is 366 g/mol. The maximum Gasteiger partial charge on any atom is 0.256 e. The van der Waals surface area contributed by atoms with Gasteiger partial charge >= 0.3 is 0 Å². The van der Waals surface area contributed by atoms with Gasteiger partial charge in [-0.2, -0.15) is 0 Å². The fraction of sp³-hybridized carbons (Fsp3) is 0.300. The Bertz CT molecular complexity index is 827. The first kappa shape index (κ1) is 17.5. The van der Waals surface area contributed by atoms with Crippen LogP contribution in [0.25, 0.3) is 0 Å². The van der Waals surface area contributed by atoms with E-state index in [-0.39, 0.29) is 23.8 Å². The van der Waals surface area contributed by atoms with Gasteiger partial charge in [0.1, 0.15) is 18.4 Å². The van der Waals surface area contributed by atoms with Crippen molar-refractivity contribution in [2.45, 2.75) is 24.9 Å². The molecule has 140 valence electrons. The molecule has 7 nitrogen and oxygen atoms in total. The van der Waals surface area contributed by atoms with Crippen molar-refractivity contribution in [1.82, 2.24) is 21.7 Å². The predicted octanol–water partition coefficient (Wildman–Crippen LogP) is 0.993. The lowest BCUT2D eigenvalue weighted by molar-refractivity contribution is -0.132. The van der Waals surface area contributed by atoms with E-state index in [1.807, 2.05) is 54.6 Å². The summed E-state index contributed by atoms with van der Waals surface area (Å²) in [5, 5.41) is 0. The Morgan fingerprint density at radius 2 is 1.67 bits per heavy atom. The number of carbonyl (C=O) groups is 2. The largest absolute Gasteiger partial charge is 0.492 e. The van der Waals surface area contributed by atoms with Crippen molar-refractivity contribution in [1.29, 1.82) is 0 Å². The van der Waals surface area contributed by atoms with E-state index in [2.05, 4.69) is 21.7 Å². The van der Waals surface area contributed by atoms with E-state index in [0.29, 0.717) is 19.4 Å². The highest BCUT2D eigenvalue weighted by Gasteiger charge is 2.31. The minimum atomic E-state index is -0.418. The van der Waals surface area contributed by atoms with Crippen LogP contribution >= 0.6 is 0 Å². The summed E-state index contributed by atoms with van der Waals surface area (Å²) in [6, 6.07) is 17.2. The highest BCUT2D eigenvalue weighted by atomic mass is 16.5. The third kappa shape index (κ3) is 3.94. The van der Waals surface area contributed by atoms with Crippen LogP contribution in [-0.4, -0.2) is 24.5 Å². The van der Waals surface area contributed by atoms with Crippen molar-refractivity contribution in [3.05, 3.63) is 65.7 Å². The maximum absolute atomic E-state index is 12.4. The topological polar surface area (TPSA) is 91.5 Å². The number of nitrogens with one attached hydrogen (secondary N) is 4. The highest BCUT2D eigenvalue weighted by molar-refractivity contribution is 5.86. The van der Waals surface area contributed by atoms with Crippen molar-refractivity contribution in [2.24, 2.45) is 5.92 Å². The zero-order valence-electron chi connectivity index (χ0n) is 14.8. The summed E-state index contributed by atoms with van der Waals surface area (Å²) in [6.45, 7) is 0.304. The molecule has 7 heteroatoms. The van der Waals surface area contributed by atoms with Gasteiger partial charge < -0.3 is 4.74 Å². The minimum absolute atomic E-state index is 0.0564. The first-order valence-corrected chi connectivity index (χ1v) is 9.07. The van der Waals surface area contributed by atoms with E-state index in [4.69, 9.17) is 4.74 Å². The SMILES string of the molecule is O=C(NNC(=O)C1CC(c2ccccc2)NN1)C1COc2ccccc2C1. The van der Waals surface area contributed by atoms with E-state index in [9.17, 15) is 9.59 Å². The van der Waals surface area contributed by atoms with Gasteiger partial charge in [0.15, 0.2) is 0 Å². The number of amides is 2. The van der Waals surface area contributed by atoms with Gasteiger partial charge in [0.05, 0.1) is 5.92 Å². The molecular formula is C20H22N4O3. The van der Waals surface area contributed by atoms with E-state index in [1.54, 1.807) is 0 Å². The number of benzene rings is 2. The fourth-order valence-corrected chi connectivity index (χ4v) is 3.44. The molecule has 0 radical (unpaired) electrons. The number of hydrogen-bond donors (Lipinski definition) is 4. The molecule has 0 aromatic heterocycles. The summed E-state index contributed by atoms with van der Waals surface area (Å²) in [7, 11) is 0. The molecule has 27 heavy (non-hydrogen) atoms. The predicted molar refractivity (Wildman–Crippen MR) is 99.3 cm³/mol. The molecule has 1 saturated heterocycles. The number of ether oxygens (including phenoxy) is 1. The van der Waals surface area contributed by atoms with Gasteiger partial charge in [0, 0.05) is 6.04 Å². The number of para-hydroxylation sites is 1. The second-order valence-electron chi connectivity index (χ2n) is 6.84. The lowest BCUT2D eigenvalue weighted by atomic mass is 9.96. The molecular weight excluding hydrogens is 344 g/mol. The van der Waals surface area contributed by atoms with Crippen LogP contribution in [0.3, 0.4) is 0 Å². The van der Waals surface area contributed by atoms with Crippen LogP contribution in [0.15, 0.2) is 54.6 Å². The van der Waals surface area contributed by atoms with Crippen molar-refractivity contribution in [3.8, 4) is 5.75 Å². The molecule has 0 aliphatic carbocycles. The molecule has 2 amide bonds. The average Bonchev–Trinajstić information content (AvgIpc) is 3.22. The molecule has 4 N–H and O–H groups in total. The molecule has 2 aliphatic rings. The summed E-state index contributed by atoms with van der Waals surface area (Å²) in [6.07, 6.45) is 1.20. The molecule has 2 aromatic rings. The normalized spacial score (nSPS) is 23.8. The van der Waals surface area contributed by atoms with Crippen LogP contribution in [0, 0.1) is 5.92 Å². The van der Waals surface area contributed by atoms with Crippen LogP contribution in [0.1, 0.15) is 23.6 Å². The number of hydrogen-bond acceptors (Lipinski definition) is 5. The second-order valence-corrected chi connectivity index (χ2v) is 6.84. The molecule has 0 saturated carbocycles. The van der Waals surface area contributed by atoms with Gasteiger partial charge in [0.25, 0.3) is 5.91 Å². The number of rotatable bonds is 3. The highest BCUT2D eigenvalue weighted by Crippen LogP contribution is 2.26. The standard InChI is InChI=1S/C20H22N4O3/c25-19(15-10-14-8-4-5-9-18(14)27-12-15)23-24-20(26)17-11-16(21-22-17)13-6-2-1-3-7-13/h1-9,15-17,21-22H,10-12H2,(H,23,25)(H,24,26). The molecule has 4 rings (SSSR count). The molecule has 2 heterocycles. The molecule has 3 atom stereocenters. The van der Waals surface area contributed by atoms with Crippen LogP contribution in [0.2, 0.25) is 0 Å². The molecule has 1 fully saturated rings. The molecule has 2 aromatic carbocycles. The third-order valence-electron chi connectivity index (χ3n) is 4.98. The van der Waals surface area contributed by atoms with Crippen LogP contribution < -0.4 is 26.4 Å². The first-order chi connectivity index (χ1) is 13.2. The molecule has 3 unspecified atom stereocenters. The summed E-state index contributed by atoms with van der Waals surface area (Å²) in [5.74, 6) is -0.0273. The van der Waals surface area contributed by atoms with Gasteiger partial charge in [-0.3, -0.25) is 20.4 Å². The van der Waals surface area contributed by atoms with E-state index in [0.717, 1.165) is 16.9 Å². The lowest BCUT2D eigenvalue weighted by Crippen LogP contribution is -2.52. The second kappa shape index (κ2) is 7.77. The first-order valence-electron chi connectivity index (χ1n) is 9.07. The van der Waals surface area contributed by atoms with E-state index in [1.165, 1.54) is 0 Å². The molecule has 0 spiro atoms. The van der Waals surface area contributed by atoms with Gasteiger partial charge in [-0.05, 0) is 30.0 Å². The van der Waals surface area contributed by atoms with Gasteiger partial charge in [0.2, 0.25) is 5.91 Å². The average molecular weight is 366 g/mol. The van der Waals surface area contributed by atoms with Crippen molar-refractivity contribution < 1.29 is 14.3 Å². The molecule has 2 aliphatic heterocycles. The third-order valence-corrected chi connectivity index (χ3v) is 4.98. The lowest BCUT2D eigenvalue weighted by Gasteiger charge is -2.24. The Labute approximate surface area is 157 Å². The summed E-state index contributed by atoms with van der Waals surface area (Å²) in [5.41, 5.74) is 13.3. The smallest absolute Gasteiger partial charge is 0.256 e. The quantitative estimate of drug-likeness (QED) is 0.608. The summed E-state index contributed by atoms with van der Waals surface area (Å²) >= 11 is 0. The maximum atomic E-state index is 12.4. The Morgan fingerprint density at radius 1 is 0.926 bits per heavy atom. The van der Waals surface area contributed by atoms with Crippen molar-refractivity contribution >= 4 is 11.8 Å². The van der Waals surface area contributed by atoms with Gasteiger partial charge in [-0.25, -0.2) is 10.9 Å². The van der Waals surface area contributed by atoms with E-state index < -0.39 is 6.04 Å². The zero-order valence-corrected chi connectivity index (χ0v) is 14.8. The summed E-state index contributed by atoms with van der Waals surface area (Å²) in [4.78, 5) is 24.7. The van der Waals surface area contributed by atoms with Crippen LogP contribution in [0.4, 0.5) is 0 Å². The fourth-order valence-electron chi connectivity index (χ4n) is 3.44. The Hall–Kier alpha value is -2.90. The molecule has 0 bridgehead atoms. The van der Waals surface area contributed by atoms with Gasteiger partial charge in [-0.1, -0.05) is 48.5 Å². The van der Waals surface area contributed by atoms with E-state index >= 15 is 0 Å². The Kier molecular flexibility index (Phi) is 5.04. The number of fused-ring (bicyclic) bond motifs is 1. The van der Waals surface area contributed by atoms with Crippen LogP contribution in [0.5, 0.6) is 5.75 Å². The van der Waals surface area contributed by atoms with Crippen molar-refractivity contribution in [3.63, 3.8) is 0 Å². The zero-order chi connectivity index (χ0) is 18.6. The Morgan fingerprint density at radius 3 is 2.52 bits per heavy atom. The van der Waals surface area contributed by atoms with Crippen LogP contribution in [-0.2, 0) is 16.0 Å². The number of hydrazine groups is 2. The van der Waals surface area contributed by atoms with Gasteiger partial charge in [-0.15, -0.1) is 0 Å². The minimum Gasteiger partial charge on any atom is -0.492 e. The Balaban J connectivity index is 1.27.